The van der Waals surface area contributed by atoms with Crippen molar-refractivity contribution in [1.29, 1.82) is 0 Å². The monoisotopic (exact) mass is 273 g/mol. The second-order valence-corrected chi connectivity index (χ2v) is 4.84. The van der Waals surface area contributed by atoms with E-state index in [1.54, 1.807) is 38.0 Å². The molecule has 2 heterocycles. The van der Waals surface area contributed by atoms with Crippen molar-refractivity contribution >= 4 is 21.6 Å². The van der Waals surface area contributed by atoms with Crippen molar-refractivity contribution in [3.05, 3.63) is 30.6 Å². The topological polar surface area (TPSA) is 57.1 Å². The fraction of sp³-hybridized carbons (Fsp3) is 0.154. The molecule has 0 spiro atoms. The smallest absolute Gasteiger partial charge is 0.316 e. The molecule has 0 amide bonds. The lowest BCUT2D eigenvalue weighted by molar-refractivity contribution is 0.380. The van der Waals surface area contributed by atoms with Crippen LogP contribution in [0.25, 0.3) is 20.8 Å². The number of methoxy groups -OCH3 is 2. The van der Waals surface area contributed by atoms with Crippen LogP contribution in [0.4, 0.5) is 0 Å². The predicted molar refractivity (Wildman–Crippen MR) is 73.8 cm³/mol. The van der Waals surface area contributed by atoms with E-state index in [1.165, 1.54) is 0 Å². The first-order valence-corrected chi connectivity index (χ1v) is 6.43. The fourth-order valence-electron chi connectivity index (χ4n) is 1.69. The highest BCUT2D eigenvalue weighted by Crippen LogP contribution is 2.31. The number of nitrogens with zero attached hydrogens (tertiary/aromatic N) is 3. The Bertz CT molecular complexity index is 709. The van der Waals surface area contributed by atoms with E-state index in [1.807, 2.05) is 18.2 Å². The van der Waals surface area contributed by atoms with Crippen molar-refractivity contribution in [3.8, 4) is 22.3 Å². The molecule has 19 heavy (non-hydrogen) atoms. The van der Waals surface area contributed by atoms with Crippen LogP contribution in [0, 0.1) is 0 Å². The first-order valence-electron chi connectivity index (χ1n) is 5.61. The number of hydrogen-bond donors (Lipinski definition) is 0. The standard InChI is InChI=1S/C13H11N3O2S/c1-17-9-3-4-10-11(5-9)19-12(16-10)8-6-14-13(18-2)15-7-8/h3-7H,1-2H3. The maximum absolute atomic E-state index is 5.21. The Labute approximate surface area is 113 Å². The van der Waals surface area contributed by atoms with Gasteiger partial charge in [0.2, 0.25) is 0 Å². The molecule has 5 nitrogen and oxygen atoms in total. The zero-order valence-corrected chi connectivity index (χ0v) is 11.3. The third-order valence-corrected chi connectivity index (χ3v) is 3.72. The zero-order valence-electron chi connectivity index (χ0n) is 10.5. The summed E-state index contributed by atoms with van der Waals surface area (Å²) in [6.45, 7) is 0. The summed E-state index contributed by atoms with van der Waals surface area (Å²) in [5, 5.41) is 0.880. The lowest BCUT2D eigenvalue weighted by Crippen LogP contribution is -1.90. The molecule has 0 fully saturated rings. The van der Waals surface area contributed by atoms with Gasteiger partial charge in [0.15, 0.2) is 0 Å². The Morgan fingerprint density at radius 3 is 2.53 bits per heavy atom. The highest BCUT2D eigenvalue weighted by atomic mass is 32.1. The van der Waals surface area contributed by atoms with Crippen LogP contribution in [0.5, 0.6) is 11.8 Å². The molecule has 0 aliphatic carbocycles. The molecule has 0 aliphatic heterocycles. The van der Waals surface area contributed by atoms with Gasteiger partial charge in [-0.25, -0.2) is 15.0 Å². The SMILES string of the molecule is COc1ccc2nc(-c3cnc(OC)nc3)sc2c1. The fourth-order valence-corrected chi connectivity index (χ4v) is 2.66. The summed E-state index contributed by atoms with van der Waals surface area (Å²) in [6.07, 6.45) is 3.42. The zero-order chi connectivity index (χ0) is 13.2. The van der Waals surface area contributed by atoms with Crippen molar-refractivity contribution in [2.75, 3.05) is 14.2 Å². The van der Waals surface area contributed by atoms with Crippen LogP contribution in [0.3, 0.4) is 0 Å². The Balaban J connectivity index is 2.04. The molecule has 0 aliphatic rings. The Kier molecular flexibility index (Phi) is 3.00. The molecule has 0 saturated carbocycles. The maximum Gasteiger partial charge on any atom is 0.316 e. The van der Waals surface area contributed by atoms with Crippen LogP contribution >= 0.6 is 11.3 Å². The minimum atomic E-state index is 0.353. The quantitative estimate of drug-likeness (QED) is 0.734. The van der Waals surface area contributed by atoms with Crippen LogP contribution in [-0.4, -0.2) is 29.2 Å². The number of aromatic nitrogens is 3. The third-order valence-electron chi connectivity index (χ3n) is 2.65. The summed E-state index contributed by atoms with van der Waals surface area (Å²) in [5.41, 5.74) is 1.82. The number of fused-ring (bicyclic) bond motifs is 1. The van der Waals surface area contributed by atoms with Gasteiger partial charge in [-0.3, -0.25) is 0 Å². The van der Waals surface area contributed by atoms with Gasteiger partial charge in [-0.2, -0.15) is 0 Å². The van der Waals surface area contributed by atoms with Crippen molar-refractivity contribution < 1.29 is 9.47 Å². The van der Waals surface area contributed by atoms with Gasteiger partial charge < -0.3 is 9.47 Å². The lowest BCUT2D eigenvalue weighted by atomic mass is 10.3. The number of thiazole rings is 1. The molecule has 0 atom stereocenters. The average Bonchev–Trinajstić information content (AvgIpc) is 2.90. The van der Waals surface area contributed by atoms with Crippen LogP contribution in [-0.2, 0) is 0 Å². The van der Waals surface area contributed by atoms with Crippen molar-refractivity contribution in [2.24, 2.45) is 0 Å². The van der Waals surface area contributed by atoms with Crippen molar-refractivity contribution in [2.45, 2.75) is 0 Å². The number of rotatable bonds is 3. The molecule has 3 aromatic rings. The highest BCUT2D eigenvalue weighted by molar-refractivity contribution is 7.21. The van der Waals surface area contributed by atoms with Gasteiger partial charge in [-0.1, -0.05) is 0 Å². The van der Waals surface area contributed by atoms with E-state index < -0.39 is 0 Å². The molecular formula is C13H11N3O2S. The molecule has 0 unspecified atom stereocenters. The van der Waals surface area contributed by atoms with Gasteiger partial charge in [-0.05, 0) is 18.2 Å². The summed E-state index contributed by atoms with van der Waals surface area (Å²) >= 11 is 1.58. The summed E-state index contributed by atoms with van der Waals surface area (Å²) in [4.78, 5) is 12.7. The van der Waals surface area contributed by atoms with Gasteiger partial charge >= 0.3 is 6.01 Å². The Morgan fingerprint density at radius 1 is 1.05 bits per heavy atom. The molecule has 6 heteroatoms. The molecule has 0 N–H and O–H groups in total. The average molecular weight is 273 g/mol. The number of hydrogen-bond acceptors (Lipinski definition) is 6. The molecule has 96 valence electrons. The minimum absolute atomic E-state index is 0.353. The van der Waals surface area contributed by atoms with E-state index in [4.69, 9.17) is 9.47 Å². The second kappa shape index (κ2) is 4.81. The lowest BCUT2D eigenvalue weighted by Gasteiger charge is -1.97. The second-order valence-electron chi connectivity index (χ2n) is 3.81. The maximum atomic E-state index is 5.21. The van der Waals surface area contributed by atoms with E-state index in [9.17, 15) is 0 Å². The normalized spacial score (nSPS) is 10.6. The summed E-state index contributed by atoms with van der Waals surface area (Å²) in [7, 11) is 3.19. The van der Waals surface area contributed by atoms with Crippen molar-refractivity contribution in [1.82, 2.24) is 15.0 Å². The van der Waals surface area contributed by atoms with E-state index in [0.717, 1.165) is 26.5 Å². The molecule has 1 aromatic carbocycles. The summed E-state index contributed by atoms with van der Waals surface area (Å²) in [5.74, 6) is 0.827. The molecular weight excluding hydrogens is 262 g/mol. The van der Waals surface area contributed by atoms with Gasteiger partial charge in [-0.15, -0.1) is 11.3 Å². The highest BCUT2D eigenvalue weighted by Gasteiger charge is 2.08. The number of ether oxygens (including phenoxy) is 2. The molecule has 0 radical (unpaired) electrons. The van der Waals surface area contributed by atoms with Crippen LogP contribution < -0.4 is 9.47 Å². The van der Waals surface area contributed by atoms with Gasteiger partial charge in [0.1, 0.15) is 10.8 Å². The predicted octanol–water partition coefficient (Wildman–Crippen LogP) is 2.77. The molecule has 0 bridgehead atoms. The largest absolute Gasteiger partial charge is 0.497 e. The van der Waals surface area contributed by atoms with Gasteiger partial charge in [0, 0.05) is 18.0 Å². The van der Waals surface area contributed by atoms with Crippen LogP contribution in [0.2, 0.25) is 0 Å². The van der Waals surface area contributed by atoms with E-state index in [0.29, 0.717) is 6.01 Å². The van der Waals surface area contributed by atoms with Crippen LogP contribution in [0.1, 0.15) is 0 Å². The number of benzene rings is 1. The minimum Gasteiger partial charge on any atom is -0.497 e. The summed E-state index contributed by atoms with van der Waals surface area (Å²) in [6, 6.07) is 6.17. The van der Waals surface area contributed by atoms with E-state index in [2.05, 4.69) is 15.0 Å². The molecule has 3 rings (SSSR count). The van der Waals surface area contributed by atoms with Crippen LogP contribution in [0.15, 0.2) is 30.6 Å². The first-order chi connectivity index (χ1) is 9.30. The van der Waals surface area contributed by atoms with E-state index >= 15 is 0 Å². The van der Waals surface area contributed by atoms with Gasteiger partial charge in [0.25, 0.3) is 0 Å². The molecule has 2 aromatic heterocycles. The third kappa shape index (κ3) is 2.22. The molecule has 0 saturated heterocycles. The first kappa shape index (κ1) is 11.9. The Hall–Kier alpha value is -2.21. The van der Waals surface area contributed by atoms with Crippen molar-refractivity contribution in [3.63, 3.8) is 0 Å². The summed E-state index contributed by atoms with van der Waals surface area (Å²) < 4.78 is 11.2. The Morgan fingerprint density at radius 2 is 1.84 bits per heavy atom. The van der Waals surface area contributed by atoms with E-state index in [-0.39, 0.29) is 0 Å². The van der Waals surface area contributed by atoms with Gasteiger partial charge in [0.05, 0.1) is 24.4 Å².